The first kappa shape index (κ1) is 20.9. The number of esters is 2. The van der Waals surface area contributed by atoms with E-state index in [2.05, 4.69) is 0 Å². The van der Waals surface area contributed by atoms with E-state index in [9.17, 15) is 14.4 Å². The van der Waals surface area contributed by atoms with Crippen molar-refractivity contribution in [3.63, 3.8) is 0 Å². The van der Waals surface area contributed by atoms with Crippen molar-refractivity contribution in [3.05, 3.63) is 69.7 Å². The van der Waals surface area contributed by atoms with Crippen LogP contribution in [0.4, 0.5) is 0 Å². The van der Waals surface area contributed by atoms with E-state index in [1.54, 1.807) is 29.9 Å². The van der Waals surface area contributed by atoms with Crippen LogP contribution in [-0.4, -0.2) is 21.5 Å². The smallest absolute Gasteiger partial charge is 0.355 e. The van der Waals surface area contributed by atoms with Crippen LogP contribution in [-0.2, 0) is 37.8 Å². The number of carbonyl (C=O) groups excluding carboxylic acids is 2. The number of ether oxygens (including phenoxy) is 3. The van der Waals surface area contributed by atoms with Gasteiger partial charge in [-0.15, -0.1) is 0 Å². The van der Waals surface area contributed by atoms with Crippen LogP contribution in [0, 0.1) is 0 Å². The van der Waals surface area contributed by atoms with Crippen LogP contribution in [0.3, 0.4) is 0 Å². The average Bonchev–Trinajstić information content (AvgIpc) is 3.15. The zero-order valence-corrected chi connectivity index (χ0v) is 18.5. The van der Waals surface area contributed by atoms with Gasteiger partial charge in [-0.1, -0.05) is 13.0 Å². The maximum Gasteiger partial charge on any atom is 0.355 e. The summed E-state index contributed by atoms with van der Waals surface area (Å²) in [6.45, 7) is 5.01. The van der Waals surface area contributed by atoms with E-state index in [4.69, 9.17) is 19.2 Å². The van der Waals surface area contributed by atoms with E-state index in [1.807, 2.05) is 31.2 Å². The Labute approximate surface area is 189 Å². The highest BCUT2D eigenvalue weighted by atomic mass is 16.6. The predicted octanol–water partition coefficient (Wildman–Crippen LogP) is 3.56. The van der Waals surface area contributed by atoms with Crippen molar-refractivity contribution in [2.75, 3.05) is 0 Å². The first-order valence-electron chi connectivity index (χ1n) is 10.7. The van der Waals surface area contributed by atoms with E-state index in [1.165, 1.54) is 6.92 Å². The van der Waals surface area contributed by atoms with Gasteiger partial charge in [0, 0.05) is 23.4 Å². The molecule has 0 bridgehead atoms. The van der Waals surface area contributed by atoms with Gasteiger partial charge in [0.15, 0.2) is 0 Å². The molecule has 0 unspecified atom stereocenters. The zero-order chi connectivity index (χ0) is 23.3. The number of hydrogen-bond donors (Lipinski definition) is 0. The lowest BCUT2D eigenvalue weighted by Gasteiger charge is -2.35. The molecule has 0 saturated heterocycles. The molecule has 33 heavy (non-hydrogen) atoms. The molecule has 2 aliphatic heterocycles. The summed E-state index contributed by atoms with van der Waals surface area (Å²) in [6, 6.07) is 9.33. The van der Waals surface area contributed by atoms with E-state index < -0.39 is 17.5 Å². The normalized spacial score (nSPS) is 18.6. The molecule has 2 aromatic heterocycles. The summed E-state index contributed by atoms with van der Waals surface area (Å²) in [7, 11) is 0. The number of benzene rings is 1. The van der Waals surface area contributed by atoms with Crippen LogP contribution in [0.1, 0.15) is 43.9 Å². The highest BCUT2D eigenvalue weighted by Gasteiger charge is 2.50. The van der Waals surface area contributed by atoms with E-state index in [0.29, 0.717) is 34.8 Å². The van der Waals surface area contributed by atoms with Crippen LogP contribution in [0.25, 0.3) is 22.3 Å². The molecule has 1 aromatic carbocycles. The van der Waals surface area contributed by atoms with Crippen molar-refractivity contribution in [2.45, 2.75) is 45.9 Å². The first-order valence-corrected chi connectivity index (χ1v) is 10.7. The second-order valence-corrected chi connectivity index (χ2v) is 8.10. The number of nitrogens with zero attached hydrogens (tertiary/aromatic N) is 2. The van der Waals surface area contributed by atoms with Gasteiger partial charge in [0.2, 0.25) is 5.60 Å². The van der Waals surface area contributed by atoms with Crippen molar-refractivity contribution in [1.82, 2.24) is 9.55 Å². The summed E-state index contributed by atoms with van der Waals surface area (Å²) in [4.78, 5) is 42.8. The lowest BCUT2D eigenvalue weighted by atomic mass is 9.85. The molecule has 2 aliphatic rings. The molecular formula is C25H22N2O6. The van der Waals surface area contributed by atoms with Gasteiger partial charge in [-0.25, -0.2) is 9.78 Å². The Morgan fingerprint density at radius 1 is 1.27 bits per heavy atom. The minimum absolute atomic E-state index is 0.147. The molecule has 0 radical (unpaired) electrons. The topological polar surface area (TPSA) is 96.7 Å². The Hall–Kier alpha value is -3.94. The predicted molar refractivity (Wildman–Crippen MR) is 120 cm³/mol. The molecule has 5 rings (SSSR count). The molecule has 168 valence electrons. The fourth-order valence-electron chi connectivity index (χ4n) is 4.59. The summed E-state index contributed by atoms with van der Waals surface area (Å²) >= 11 is 0. The van der Waals surface area contributed by atoms with Crippen LogP contribution in [0.5, 0.6) is 5.75 Å². The van der Waals surface area contributed by atoms with Crippen molar-refractivity contribution in [1.29, 1.82) is 0 Å². The number of hydrogen-bond acceptors (Lipinski definition) is 7. The number of pyridine rings is 2. The minimum Gasteiger partial charge on any atom is -0.465 e. The Morgan fingerprint density at radius 3 is 2.82 bits per heavy atom. The number of aromatic nitrogens is 2. The zero-order valence-electron chi connectivity index (χ0n) is 18.5. The third kappa shape index (κ3) is 3.13. The van der Waals surface area contributed by atoms with E-state index in [-0.39, 0.29) is 18.6 Å². The number of allylic oxidation sites excluding steroid dienone is 1. The van der Waals surface area contributed by atoms with Crippen molar-refractivity contribution < 1.29 is 23.8 Å². The summed E-state index contributed by atoms with van der Waals surface area (Å²) < 4.78 is 17.9. The van der Waals surface area contributed by atoms with Gasteiger partial charge in [0.25, 0.3) is 5.56 Å². The Balaban J connectivity index is 1.69. The third-order valence-corrected chi connectivity index (χ3v) is 6.10. The molecule has 4 heterocycles. The van der Waals surface area contributed by atoms with E-state index in [0.717, 1.165) is 16.5 Å². The minimum atomic E-state index is -1.65. The molecule has 1 atom stereocenters. The fraction of sp³-hybridized carbons (Fsp3) is 0.280. The van der Waals surface area contributed by atoms with Gasteiger partial charge in [-0.05, 0) is 43.7 Å². The summed E-state index contributed by atoms with van der Waals surface area (Å²) in [5.74, 6) is -0.603. The molecule has 0 amide bonds. The quantitative estimate of drug-likeness (QED) is 0.349. The van der Waals surface area contributed by atoms with Crippen LogP contribution in [0.15, 0.2) is 47.5 Å². The number of rotatable bonds is 4. The lowest BCUT2D eigenvalue weighted by Crippen LogP contribution is -2.47. The van der Waals surface area contributed by atoms with Gasteiger partial charge in [-0.2, -0.15) is 0 Å². The molecule has 0 N–H and O–H groups in total. The average molecular weight is 446 g/mol. The van der Waals surface area contributed by atoms with Gasteiger partial charge < -0.3 is 18.8 Å². The van der Waals surface area contributed by atoms with Gasteiger partial charge in [-0.3, -0.25) is 9.59 Å². The fourth-order valence-corrected chi connectivity index (χ4v) is 4.59. The second kappa shape index (κ2) is 7.58. The first-order chi connectivity index (χ1) is 15.9. The maximum absolute atomic E-state index is 13.4. The van der Waals surface area contributed by atoms with Crippen molar-refractivity contribution in [3.8, 4) is 17.1 Å². The number of fused-ring (bicyclic) bond motifs is 5. The van der Waals surface area contributed by atoms with Crippen LogP contribution >= 0.6 is 0 Å². The van der Waals surface area contributed by atoms with Gasteiger partial charge in [0.1, 0.15) is 12.4 Å². The largest absolute Gasteiger partial charge is 0.465 e. The molecule has 8 heteroatoms. The summed E-state index contributed by atoms with van der Waals surface area (Å²) in [5.41, 5.74) is 1.65. The monoisotopic (exact) mass is 446 g/mol. The van der Waals surface area contributed by atoms with Crippen molar-refractivity contribution in [2.24, 2.45) is 0 Å². The Morgan fingerprint density at radius 2 is 2.09 bits per heavy atom. The number of cyclic esters (lactones) is 1. The molecule has 8 nitrogen and oxygen atoms in total. The van der Waals surface area contributed by atoms with Crippen molar-refractivity contribution >= 4 is 22.8 Å². The summed E-state index contributed by atoms with van der Waals surface area (Å²) in [6.07, 6.45) is 3.55. The molecule has 0 saturated carbocycles. The van der Waals surface area contributed by atoms with E-state index >= 15 is 0 Å². The second-order valence-electron chi connectivity index (χ2n) is 8.10. The molecular weight excluding hydrogens is 424 g/mol. The van der Waals surface area contributed by atoms with Gasteiger partial charge in [0.05, 0.1) is 35.3 Å². The van der Waals surface area contributed by atoms with Crippen LogP contribution < -0.4 is 10.3 Å². The molecule has 0 spiro atoms. The standard InChI is InChI=1S/C25H22N2O6/c1-4-8-31-17-6-7-20-15(10-17)9-16-12-27-21(22(16)26-20)11-19-18(23(27)29)13-32-24(30)25(19,5-2)33-14(3)28/h4,6-11H,5,12-13H2,1-3H3/b8-4+/t25-/m0/s1. The molecule has 0 aliphatic carbocycles. The van der Waals surface area contributed by atoms with Crippen LogP contribution in [0.2, 0.25) is 0 Å². The SMILES string of the molecule is C/C=C/Oc1ccc2nc3c(cc2c1)Cn1c-3cc2c(c1=O)COC(=O)[C@@]2(CC)OC(C)=O. The Bertz CT molecular complexity index is 1420. The molecule has 3 aromatic rings. The lowest BCUT2D eigenvalue weighted by molar-refractivity contribution is -0.188. The Kier molecular flexibility index (Phi) is 4.81. The highest BCUT2D eigenvalue weighted by Crippen LogP contribution is 2.41. The molecule has 0 fully saturated rings. The number of carbonyl (C=O) groups is 2. The summed E-state index contributed by atoms with van der Waals surface area (Å²) in [5, 5.41) is 0.891. The van der Waals surface area contributed by atoms with Gasteiger partial charge >= 0.3 is 11.9 Å². The highest BCUT2D eigenvalue weighted by molar-refractivity contribution is 5.88. The maximum atomic E-state index is 13.4. The third-order valence-electron chi connectivity index (χ3n) is 6.10.